The molecule has 41 heavy (non-hydrogen) atoms. The predicted octanol–water partition coefficient (Wildman–Crippen LogP) is 9.73. The fraction of sp³-hybridized carbons (Fsp3) is 0.818. The van der Waals surface area contributed by atoms with Gasteiger partial charge in [0, 0.05) is 28.4 Å². The van der Waals surface area contributed by atoms with Crippen LogP contribution in [0.1, 0.15) is 46.5 Å². The molecule has 0 N–H and O–H groups in total. The molecule has 2 saturated carbocycles. The summed E-state index contributed by atoms with van der Waals surface area (Å²) in [5.74, 6) is 2.71. The van der Waals surface area contributed by atoms with Crippen LogP contribution in [0.3, 0.4) is 0 Å². The molecule has 0 aromatic rings. The first-order valence-electron chi connectivity index (χ1n) is 16.2. The molecule has 0 saturated heterocycles. The maximum Gasteiger partial charge on any atom is 0.242 e. The molecule has 0 aromatic carbocycles. The topological polar surface area (TPSA) is 36.9 Å². The minimum atomic E-state index is -1.81. The van der Waals surface area contributed by atoms with Gasteiger partial charge in [-0.05, 0) is 135 Å². The fourth-order valence-electron chi connectivity index (χ4n) is 8.67. The molecule has 0 radical (unpaired) electrons. The summed E-state index contributed by atoms with van der Waals surface area (Å²) in [5.41, 5.74) is 2.60. The summed E-state index contributed by atoms with van der Waals surface area (Å²) < 4.78 is 27.7. The second-order valence-corrected chi connectivity index (χ2v) is 36.0. The third-order valence-electron chi connectivity index (χ3n) is 10.1. The first-order chi connectivity index (χ1) is 18.4. The van der Waals surface area contributed by atoms with Gasteiger partial charge in [0.1, 0.15) is 5.76 Å². The smallest absolute Gasteiger partial charge is 0.242 e. The second-order valence-electron chi connectivity index (χ2n) is 18.1. The lowest BCUT2D eigenvalue weighted by atomic mass is 9.47. The second kappa shape index (κ2) is 10.7. The Hall–Kier alpha value is -0.232. The highest BCUT2D eigenvalue weighted by Gasteiger charge is 2.66. The van der Waals surface area contributed by atoms with Crippen LogP contribution in [0.15, 0.2) is 35.1 Å². The molecule has 4 nitrogen and oxygen atoms in total. The van der Waals surface area contributed by atoms with E-state index < -0.39 is 33.3 Å². The van der Waals surface area contributed by atoms with Crippen molar-refractivity contribution >= 4 is 33.3 Å². The van der Waals surface area contributed by atoms with Gasteiger partial charge in [-0.15, -0.1) is 0 Å². The molecule has 7 unspecified atom stereocenters. The van der Waals surface area contributed by atoms with E-state index in [2.05, 4.69) is 118 Å². The van der Waals surface area contributed by atoms with Crippen LogP contribution >= 0.6 is 0 Å². The van der Waals surface area contributed by atoms with Gasteiger partial charge in [0.25, 0.3) is 0 Å². The molecule has 234 valence electrons. The van der Waals surface area contributed by atoms with Gasteiger partial charge in [0.15, 0.2) is 25.0 Å². The van der Waals surface area contributed by atoms with Crippen molar-refractivity contribution < 1.29 is 17.7 Å². The van der Waals surface area contributed by atoms with Crippen molar-refractivity contribution in [3.8, 4) is 0 Å². The highest BCUT2D eigenvalue weighted by Crippen LogP contribution is 2.68. The van der Waals surface area contributed by atoms with E-state index in [-0.39, 0.29) is 22.5 Å². The SMILES string of the molecule is CC12C=C(CO[Si](C)(C)C)C(O[Si](C)(C)C)=CC1=CCC1C2C(O[Si](C)(C)C)CC2(C)C1CCC2(C)O[Si](C)(C)C. The van der Waals surface area contributed by atoms with Gasteiger partial charge < -0.3 is 17.7 Å². The Bertz CT molecular complexity index is 1100. The maximum atomic E-state index is 7.28. The van der Waals surface area contributed by atoms with Crippen molar-refractivity contribution in [1.29, 1.82) is 0 Å². The van der Waals surface area contributed by atoms with Crippen LogP contribution in [0.2, 0.25) is 78.6 Å². The third-order valence-corrected chi connectivity index (χ3v) is 14.0. The molecular formula is C33H62O4Si4. The van der Waals surface area contributed by atoms with Crippen molar-refractivity contribution in [2.45, 2.75) is 137 Å². The summed E-state index contributed by atoms with van der Waals surface area (Å²) in [6.45, 7) is 36.0. The van der Waals surface area contributed by atoms with E-state index in [1.165, 1.54) is 17.6 Å². The summed E-state index contributed by atoms with van der Waals surface area (Å²) in [7, 11) is -7.02. The Kier molecular flexibility index (Phi) is 8.78. The highest BCUT2D eigenvalue weighted by molar-refractivity contribution is 6.71. The number of fused-ring (bicyclic) bond motifs is 5. The Balaban J connectivity index is 1.82. The van der Waals surface area contributed by atoms with Crippen molar-refractivity contribution in [1.82, 2.24) is 0 Å². The van der Waals surface area contributed by atoms with E-state index in [0.717, 1.165) is 25.0 Å². The zero-order valence-electron chi connectivity index (χ0n) is 29.2. The molecule has 0 spiro atoms. The van der Waals surface area contributed by atoms with E-state index >= 15 is 0 Å². The van der Waals surface area contributed by atoms with Gasteiger partial charge in [-0.2, -0.15) is 0 Å². The van der Waals surface area contributed by atoms with Crippen LogP contribution in [0.5, 0.6) is 0 Å². The van der Waals surface area contributed by atoms with Crippen LogP contribution in [-0.2, 0) is 17.7 Å². The zero-order valence-corrected chi connectivity index (χ0v) is 33.2. The molecule has 0 bridgehead atoms. The van der Waals surface area contributed by atoms with Gasteiger partial charge in [0.05, 0.1) is 12.2 Å². The van der Waals surface area contributed by atoms with Gasteiger partial charge in [-0.25, -0.2) is 0 Å². The molecule has 2 fully saturated rings. The molecule has 0 aliphatic heterocycles. The van der Waals surface area contributed by atoms with Gasteiger partial charge in [-0.1, -0.05) is 26.0 Å². The van der Waals surface area contributed by atoms with Gasteiger partial charge in [-0.3, -0.25) is 0 Å². The number of allylic oxidation sites excluding steroid dienone is 4. The molecular weight excluding hydrogens is 573 g/mol. The van der Waals surface area contributed by atoms with E-state index in [1.807, 2.05) is 0 Å². The van der Waals surface area contributed by atoms with E-state index in [0.29, 0.717) is 24.4 Å². The molecule has 0 heterocycles. The summed E-state index contributed by atoms with van der Waals surface area (Å²) in [6, 6.07) is 0. The monoisotopic (exact) mass is 634 g/mol. The molecule has 0 aromatic heterocycles. The minimum Gasteiger partial charge on any atom is -0.544 e. The lowest BCUT2D eigenvalue weighted by Gasteiger charge is -2.61. The zero-order chi connectivity index (χ0) is 31.0. The van der Waals surface area contributed by atoms with Crippen LogP contribution in [0, 0.1) is 28.6 Å². The van der Waals surface area contributed by atoms with Crippen LogP contribution in [-0.4, -0.2) is 51.6 Å². The van der Waals surface area contributed by atoms with Gasteiger partial charge >= 0.3 is 0 Å². The maximum absolute atomic E-state index is 7.28. The first-order valence-corrected chi connectivity index (χ1v) is 29.8. The van der Waals surface area contributed by atoms with Crippen molar-refractivity contribution in [3.63, 3.8) is 0 Å². The van der Waals surface area contributed by atoms with Crippen molar-refractivity contribution in [2.24, 2.45) is 28.6 Å². The Morgan fingerprint density at radius 2 is 1.46 bits per heavy atom. The van der Waals surface area contributed by atoms with E-state index in [1.54, 1.807) is 0 Å². The summed E-state index contributed by atoms with van der Waals surface area (Å²) in [4.78, 5) is 0. The Morgan fingerprint density at radius 3 is 2.00 bits per heavy atom. The quantitative estimate of drug-likeness (QED) is 0.237. The lowest BCUT2D eigenvalue weighted by Crippen LogP contribution is -2.61. The largest absolute Gasteiger partial charge is 0.544 e. The molecule has 4 rings (SSSR count). The average Bonchev–Trinajstić information content (AvgIpc) is 2.98. The first kappa shape index (κ1) is 33.7. The number of hydrogen-bond acceptors (Lipinski definition) is 4. The summed E-state index contributed by atoms with van der Waals surface area (Å²) in [5, 5.41) is 0. The molecule has 4 aliphatic carbocycles. The number of rotatable bonds is 9. The number of hydrogen-bond donors (Lipinski definition) is 0. The molecule has 7 atom stereocenters. The van der Waals surface area contributed by atoms with Gasteiger partial charge in [0.2, 0.25) is 8.32 Å². The predicted molar refractivity (Wildman–Crippen MR) is 184 cm³/mol. The minimum absolute atomic E-state index is 0.0873. The fourth-order valence-corrected chi connectivity index (χ4v) is 12.9. The van der Waals surface area contributed by atoms with Crippen LogP contribution in [0.25, 0.3) is 0 Å². The standard InChI is InChI=1S/C33H62O4Si4/c1-31-21-24(23-34-38(4,5)6)28(35-39(7,8)9)20-25(31)16-17-26-27-18-19-33(3,37-41(13,14)15)32(27,2)22-29(30(26)31)36-40(10,11)12/h16,20-21,26-27,29-30H,17-19,22-23H2,1-15H3. The molecule has 0 amide bonds. The van der Waals surface area contributed by atoms with E-state index in [4.69, 9.17) is 17.7 Å². The average molecular weight is 635 g/mol. The van der Waals surface area contributed by atoms with Crippen molar-refractivity contribution in [2.75, 3.05) is 6.61 Å². The molecule has 8 heteroatoms. The van der Waals surface area contributed by atoms with Crippen LogP contribution < -0.4 is 0 Å². The summed E-state index contributed by atoms with van der Waals surface area (Å²) >= 11 is 0. The third kappa shape index (κ3) is 7.04. The van der Waals surface area contributed by atoms with Crippen molar-refractivity contribution in [3.05, 3.63) is 35.1 Å². The van der Waals surface area contributed by atoms with E-state index in [9.17, 15) is 0 Å². The summed E-state index contributed by atoms with van der Waals surface area (Å²) in [6.07, 6.45) is 12.4. The Labute approximate surface area is 257 Å². The Morgan fingerprint density at radius 1 is 0.829 bits per heavy atom. The van der Waals surface area contributed by atoms with Crippen LogP contribution in [0.4, 0.5) is 0 Å². The molecule has 4 aliphatic rings. The highest BCUT2D eigenvalue weighted by atomic mass is 28.4. The lowest BCUT2D eigenvalue weighted by molar-refractivity contribution is -0.141. The normalized spacial score (nSPS) is 37.9.